The number of carbonyl (C=O) groups excluding carboxylic acids is 2. The Labute approximate surface area is 201 Å². The number of rotatable bonds is 8. The second-order valence-electron chi connectivity index (χ2n) is 8.40. The SMILES string of the molecule is CC(C)C(NC(=O)Cc1csc(NC(=O)OCC2c3ccccc3-c3ccccc32)n1)C(=O)O. The van der Waals surface area contributed by atoms with Gasteiger partial charge in [-0.1, -0.05) is 62.4 Å². The Kier molecular flexibility index (Phi) is 6.93. The molecule has 1 atom stereocenters. The monoisotopic (exact) mass is 479 g/mol. The molecule has 3 aromatic rings. The number of aliphatic carboxylic acids is 1. The fourth-order valence-corrected chi connectivity index (χ4v) is 4.77. The molecule has 0 fully saturated rings. The molecular formula is C25H25N3O5S. The van der Waals surface area contributed by atoms with E-state index in [4.69, 9.17) is 4.74 Å². The van der Waals surface area contributed by atoms with Crippen LogP contribution in [0.25, 0.3) is 11.1 Å². The molecule has 1 heterocycles. The van der Waals surface area contributed by atoms with Crippen molar-refractivity contribution in [2.75, 3.05) is 11.9 Å². The summed E-state index contributed by atoms with van der Waals surface area (Å²) < 4.78 is 5.51. The van der Waals surface area contributed by atoms with E-state index in [9.17, 15) is 19.5 Å². The Balaban J connectivity index is 1.33. The van der Waals surface area contributed by atoms with Crippen molar-refractivity contribution in [1.82, 2.24) is 10.3 Å². The molecule has 0 bridgehead atoms. The number of benzene rings is 2. The molecule has 0 saturated heterocycles. The molecule has 2 aromatic carbocycles. The van der Waals surface area contributed by atoms with Crippen LogP contribution in [0.2, 0.25) is 0 Å². The van der Waals surface area contributed by atoms with Crippen molar-refractivity contribution < 1.29 is 24.2 Å². The number of thiazole rings is 1. The summed E-state index contributed by atoms with van der Waals surface area (Å²) in [6, 6.07) is 15.2. The Morgan fingerprint density at radius 3 is 2.26 bits per heavy atom. The van der Waals surface area contributed by atoms with E-state index in [0.29, 0.717) is 10.8 Å². The molecule has 0 spiro atoms. The second-order valence-corrected chi connectivity index (χ2v) is 9.26. The smallest absolute Gasteiger partial charge is 0.413 e. The maximum absolute atomic E-state index is 12.4. The summed E-state index contributed by atoms with van der Waals surface area (Å²) in [5.41, 5.74) is 4.99. The summed E-state index contributed by atoms with van der Waals surface area (Å²) in [5, 5.41) is 16.3. The molecule has 4 rings (SSSR count). The van der Waals surface area contributed by atoms with Gasteiger partial charge in [-0.2, -0.15) is 0 Å². The van der Waals surface area contributed by atoms with E-state index in [1.54, 1.807) is 19.2 Å². The van der Waals surface area contributed by atoms with Gasteiger partial charge in [0.1, 0.15) is 12.6 Å². The summed E-state index contributed by atoms with van der Waals surface area (Å²) in [5.74, 6) is -1.82. The van der Waals surface area contributed by atoms with Gasteiger partial charge in [0, 0.05) is 11.3 Å². The molecule has 0 saturated carbocycles. The highest BCUT2D eigenvalue weighted by Gasteiger charge is 2.29. The number of hydrogen-bond donors (Lipinski definition) is 3. The van der Waals surface area contributed by atoms with Crippen LogP contribution in [0.4, 0.5) is 9.93 Å². The number of nitrogens with zero attached hydrogens (tertiary/aromatic N) is 1. The van der Waals surface area contributed by atoms with Crippen LogP contribution in [-0.2, 0) is 20.7 Å². The van der Waals surface area contributed by atoms with Crippen molar-refractivity contribution in [2.45, 2.75) is 32.2 Å². The summed E-state index contributed by atoms with van der Waals surface area (Å²) in [4.78, 5) is 40.1. The lowest BCUT2D eigenvalue weighted by Gasteiger charge is -2.17. The van der Waals surface area contributed by atoms with E-state index < -0.39 is 24.0 Å². The highest BCUT2D eigenvalue weighted by molar-refractivity contribution is 7.13. The first-order chi connectivity index (χ1) is 16.3. The number of nitrogens with one attached hydrogen (secondary N) is 2. The Morgan fingerprint density at radius 1 is 1.06 bits per heavy atom. The van der Waals surface area contributed by atoms with Gasteiger partial charge in [-0.15, -0.1) is 11.3 Å². The molecule has 9 heteroatoms. The van der Waals surface area contributed by atoms with E-state index in [1.807, 2.05) is 36.4 Å². The molecule has 2 amide bonds. The average molecular weight is 480 g/mol. The van der Waals surface area contributed by atoms with Gasteiger partial charge in [0.15, 0.2) is 5.13 Å². The average Bonchev–Trinajstić information content (AvgIpc) is 3.37. The maximum Gasteiger partial charge on any atom is 0.413 e. The van der Waals surface area contributed by atoms with Gasteiger partial charge >= 0.3 is 12.1 Å². The zero-order valence-corrected chi connectivity index (χ0v) is 19.6. The third-order valence-electron chi connectivity index (χ3n) is 5.70. The normalized spacial score (nSPS) is 13.1. The quantitative estimate of drug-likeness (QED) is 0.444. The summed E-state index contributed by atoms with van der Waals surface area (Å²) in [6.07, 6.45) is -0.711. The number of carboxylic acids is 1. The number of hydrogen-bond acceptors (Lipinski definition) is 6. The topological polar surface area (TPSA) is 118 Å². The zero-order chi connectivity index (χ0) is 24.2. The molecule has 1 aliphatic carbocycles. The number of anilines is 1. The van der Waals surface area contributed by atoms with E-state index in [2.05, 4.69) is 27.8 Å². The first kappa shape index (κ1) is 23.4. The molecule has 0 radical (unpaired) electrons. The lowest BCUT2D eigenvalue weighted by Crippen LogP contribution is -2.44. The molecule has 0 aliphatic heterocycles. The van der Waals surface area contributed by atoms with Crippen molar-refractivity contribution in [3.05, 3.63) is 70.7 Å². The van der Waals surface area contributed by atoms with Crippen LogP contribution in [0, 0.1) is 5.92 Å². The summed E-state index contributed by atoms with van der Waals surface area (Å²) in [6.45, 7) is 3.63. The number of carboxylic acid groups (broad SMARTS) is 1. The molecule has 176 valence electrons. The van der Waals surface area contributed by atoms with Crippen molar-refractivity contribution in [3.63, 3.8) is 0 Å². The first-order valence-electron chi connectivity index (χ1n) is 10.9. The molecule has 34 heavy (non-hydrogen) atoms. The third-order valence-corrected chi connectivity index (χ3v) is 6.50. The van der Waals surface area contributed by atoms with Crippen molar-refractivity contribution in [1.29, 1.82) is 0 Å². The van der Waals surface area contributed by atoms with Crippen LogP contribution in [-0.4, -0.2) is 40.7 Å². The van der Waals surface area contributed by atoms with E-state index in [-0.39, 0.29) is 24.9 Å². The van der Waals surface area contributed by atoms with Gasteiger partial charge in [-0.3, -0.25) is 10.1 Å². The van der Waals surface area contributed by atoms with Gasteiger partial charge in [-0.05, 0) is 28.2 Å². The van der Waals surface area contributed by atoms with Crippen molar-refractivity contribution in [3.8, 4) is 11.1 Å². The van der Waals surface area contributed by atoms with Gasteiger partial charge in [0.05, 0.1) is 12.1 Å². The molecular weight excluding hydrogens is 454 g/mol. The van der Waals surface area contributed by atoms with Crippen LogP contribution < -0.4 is 10.6 Å². The highest BCUT2D eigenvalue weighted by atomic mass is 32.1. The predicted octanol–water partition coefficient (Wildman–Crippen LogP) is 4.27. The minimum atomic E-state index is -1.08. The summed E-state index contributed by atoms with van der Waals surface area (Å²) >= 11 is 1.17. The van der Waals surface area contributed by atoms with Crippen LogP contribution >= 0.6 is 11.3 Å². The Morgan fingerprint density at radius 2 is 1.68 bits per heavy atom. The van der Waals surface area contributed by atoms with E-state index in [1.165, 1.54) is 11.3 Å². The van der Waals surface area contributed by atoms with Gasteiger partial charge < -0.3 is 15.2 Å². The Bertz CT molecular complexity index is 1180. The summed E-state index contributed by atoms with van der Waals surface area (Å²) in [7, 11) is 0. The van der Waals surface area contributed by atoms with Crippen LogP contribution in [0.1, 0.15) is 36.6 Å². The molecule has 8 nitrogen and oxygen atoms in total. The minimum absolute atomic E-state index is 0.0446. The van der Waals surface area contributed by atoms with Crippen LogP contribution in [0.5, 0.6) is 0 Å². The highest BCUT2D eigenvalue weighted by Crippen LogP contribution is 2.44. The number of carbonyl (C=O) groups is 3. The fraction of sp³-hybridized carbons (Fsp3) is 0.280. The molecule has 3 N–H and O–H groups in total. The number of aromatic nitrogens is 1. The minimum Gasteiger partial charge on any atom is -0.480 e. The first-order valence-corrected chi connectivity index (χ1v) is 11.8. The van der Waals surface area contributed by atoms with Crippen LogP contribution in [0.3, 0.4) is 0 Å². The maximum atomic E-state index is 12.4. The number of amides is 2. The lowest BCUT2D eigenvalue weighted by molar-refractivity contribution is -0.143. The van der Waals surface area contributed by atoms with E-state index in [0.717, 1.165) is 22.3 Å². The second kappa shape index (κ2) is 10.0. The van der Waals surface area contributed by atoms with E-state index >= 15 is 0 Å². The lowest BCUT2D eigenvalue weighted by atomic mass is 9.98. The van der Waals surface area contributed by atoms with Gasteiger partial charge in [0.2, 0.25) is 5.91 Å². The fourth-order valence-electron chi connectivity index (χ4n) is 4.07. The number of fused-ring (bicyclic) bond motifs is 3. The predicted molar refractivity (Wildman–Crippen MR) is 129 cm³/mol. The van der Waals surface area contributed by atoms with Crippen molar-refractivity contribution in [2.24, 2.45) is 5.92 Å². The molecule has 1 unspecified atom stereocenters. The number of ether oxygens (including phenoxy) is 1. The third kappa shape index (κ3) is 5.09. The largest absolute Gasteiger partial charge is 0.480 e. The van der Waals surface area contributed by atoms with Crippen molar-refractivity contribution >= 4 is 34.4 Å². The molecule has 1 aromatic heterocycles. The van der Waals surface area contributed by atoms with Crippen LogP contribution in [0.15, 0.2) is 53.9 Å². The molecule has 1 aliphatic rings. The Hall–Kier alpha value is -3.72. The van der Waals surface area contributed by atoms with Gasteiger partial charge in [-0.25, -0.2) is 14.6 Å². The zero-order valence-electron chi connectivity index (χ0n) is 18.8. The standard InChI is InChI=1S/C25H25N3O5S/c1-14(2)22(23(30)31)27-21(29)11-15-13-34-24(26-15)28-25(32)33-12-20-18-9-5-3-7-16(18)17-8-4-6-10-19(17)20/h3-10,13-14,20,22H,11-12H2,1-2H3,(H,27,29)(H,30,31)(H,26,28,32). The van der Waals surface area contributed by atoms with Gasteiger partial charge in [0.25, 0.3) is 0 Å².